The number of hydrogen-bond acceptors (Lipinski definition) is 5. The smallest absolute Gasteiger partial charge is 0.228 e. The van der Waals surface area contributed by atoms with Crippen molar-refractivity contribution >= 4 is 23.2 Å². The third-order valence-electron chi connectivity index (χ3n) is 5.59. The molecule has 31 heavy (non-hydrogen) atoms. The van der Waals surface area contributed by atoms with E-state index in [4.69, 9.17) is 25.8 Å². The van der Waals surface area contributed by atoms with Gasteiger partial charge in [-0.3, -0.25) is 4.79 Å². The van der Waals surface area contributed by atoms with E-state index in [0.29, 0.717) is 41.1 Å². The Morgan fingerprint density at radius 3 is 2.55 bits per heavy atom. The summed E-state index contributed by atoms with van der Waals surface area (Å²) < 4.78 is 16.8. The maximum atomic E-state index is 13.0. The number of anilines is 1. The minimum absolute atomic E-state index is 0.0658. The van der Waals surface area contributed by atoms with Crippen LogP contribution < -0.4 is 19.5 Å². The maximum Gasteiger partial charge on any atom is 0.228 e. The molecule has 4 rings (SSSR count). The number of halogens is 1. The average molecular weight is 439 g/mol. The van der Waals surface area contributed by atoms with Crippen molar-refractivity contribution in [3.8, 4) is 17.2 Å². The fourth-order valence-corrected chi connectivity index (χ4v) is 3.89. The van der Waals surface area contributed by atoms with Gasteiger partial charge in [0.15, 0.2) is 11.5 Å². The van der Waals surface area contributed by atoms with Crippen LogP contribution in [0.3, 0.4) is 0 Å². The minimum atomic E-state index is -0.404. The molecule has 0 radical (unpaired) electrons. The fraction of sp³-hybridized carbons (Fsp3) is 0.250. The number of hydrogen-bond donors (Lipinski definition) is 1. The van der Waals surface area contributed by atoms with Crippen molar-refractivity contribution in [2.24, 2.45) is 5.92 Å². The summed E-state index contributed by atoms with van der Waals surface area (Å²) in [6, 6.07) is 18.8. The summed E-state index contributed by atoms with van der Waals surface area (Å²) in [6.07, 6.45) is 2.24. The van der Waals surface area contributed by atoms with Gasteiger partial charge in [0.1, 0.15) is 10.9 Å². The summed E-state index contributed by atoms with van der Waals surface area (Å²) in [4.78, 5) is 17.0. The van der Waals surface area contributed by atoms with Crippen molar-refractivity contribution < 1.29 is 19.0 Å². The minimum Gasteiger partial charge on any atom is -0.493 e. The molecule has 7 heteroatoms. The molecule has 2 unspecified atom stereocenters. The van der Waals surface area contributed by atoms with Gasteiger partial charge in [-0.1, -0.05) is 41.9 Å². The van der Waals surface area contributed by atoms with Crippen LogP contribution in [-0.2, 0) is 10.2 Å². The first-order valence-electron chi connectivity index (χ1n) is 9.88. The third kappa shape index (κ3) is 4.44. The highest BCUT2D eigenvalue weighted by Gasteiger charge is 2.60. The summed E-state index contributed by atoms with van der Waals surface area (Å²) >= 11 is 5.83. The van der Waals surface area contributed by atoms with Gasteiger partial charge in [-0.15, -0.1) is 0 Å². The van der Waals surface area contributed by atoms with Crippen molar-refractivity contribution in [1.29, 1.82) is 0 Å². The van der Waals surface area contributed by atoms with Gasteiger partial charge in [0.25, 0.3) is 0 Å². The Morgan fingerprint density at radius 2 is 1.87 bits per heavy atom. The average Bonchev–Trinajstić information content (AvgIpc) is 3.56. The Morgan fingerprint density at radius 1 is 1.10 bits per heavy atom. The van der Waals surface area contributed by atoms with Gasteiger partial charge >= 0.3 is 0 Å². The number of carbonyl (C=O) groups excluding carboxylic acids is 1. The topological polar surface area (TPSA) is 69.7 Å². The van der Waals surface area contributed by atoms with Crippen LogP contribution in [0.25, 0.3) is 0 Å². The van der Waals surface area contributed by atoms with Crippen LogP contribution in [0.15, 0.2) is 66.9 Å². The Kier molecular flexibility index (Phi) is 6.00. The molecule has 0 saturated heterocycles. The van der Waals surface area contributed by atoms with Crippen molar-refractivity contribution in [1.82, 2.24) is 4.98 Å². The Labute approximate surface area is 186 Å². The van der Waals surface area contributed by atoms with E-state index in [9.17, 15) is 4.79 Å². The molecule has 1 N–H and O–H groups in total. The molecule has 1 amide bonds. The van der Waals surface area contributed by atoms with Gasteiger partial charge in [-0.2, -0.15) is 0 Å². The largest absolute Gasteiger partial charge is 0.493 e. The summed E-state index contributed by atoms with van der Waals surface area (Å²) in [7, 11) is 3.17. The number of amides is 1. The Balaban J connectivity index is 1.52. The number of benzene rings is 2. The molecule has 3 aromatic rings. The van der Waals surface area contributed by atoms with Crippen molar-refractivity contribution in [2.45, 2.75) is 11.8 Å². The first kappa shape index (κ1) is 21.0. The molecule has 1 aromatic heterocycles. The summed E-state index contributed by atoms with van der Waals surface area (Å²) in [5, 5.41) is 3.32. The zero-order valence-electron chi connectivity index (χ0n) is 17.3. The monoisotopic (exact) mass is 438 g/mol. The van der Waals surface area contributed by atoms with E-state index < -0.39 is 5.41 Å². The summed E-state index contributed by atoms with van der Waals surface area (Å²) in [5.74, 6) is 1.59. The van der Waals surface area contributed by atoms with Crippen molar-refractivity contribution in [3.05, 3.63) is 77.6 Å². The van der Waals surface area contributed by atoms with Crippen LogP contribution in [-0.4, -0.2) is 31.7 Å². The van der Waals surface area contributed by atoms with E-state index in [1.807, 2.05) is 36.4 Å². The first-order valence-corrected chi connectivity index (χ1v) is 10.3. The van der Waals surface area contributed by atoms with Gasteiger partial charge in [0.05, 0.1) is 38.6 Å². The zero-order valence-corrected chi connectivity index (χ0v) is 18.1. The Bertz CT molecular complexity index is 1060. The van der Waals surface area contributed by atoms with Gasteiger partial charge in [-0.05, 0) is 36.2 Å². The third-order valence-corrected chi connectivity index (χ3v) is 5.81. The number of pyridine rings is 1. The molecule has 160 valence electrons. The van der Waals surface area contributed by atoms with Crippen LogP contribution in [0, 0.1) is 5.92 Å². The highest BCUT2D eigenvalue weighted by atomic mass is 35.5. The lowest BCUT2D eigenvalue weighted by Crippen LogP contribution is -2.26. The van der Waals surface area contributed by atoms with E-state index in [1.165, 1.54) is 0 Å². The molecule has 0 aliphatic heterocycles. The molecule has 6 nitrogen and oxygen atoms in total. The lowest BCUT2D eigenvalue weighted by molar-refractivity contribution is -0.117. The summed E-state index contributed by atoms with van der Waals surface area (Å²) in [5.41, 5.74) is 1.28. The molecule has 2 atom stereocenters. The maximum absolute atomic E-state index is 13.0. The quantitative estimate of drug-likeness (QED) is 0.515. The lowest BCUT2D eigenvalue weighted by atomic mass is 9.93. The second-order valence-electron chi connectivity index (χ2n) is 7.44. The highest BCUT2D eigenvalue weighted by molar-refractivity contribution is 6.29. The fourth-order valence-electron chi connectivity index (χ4n) is 3.78. The molecule has 2 aromatic carbocycles. The SMILES string of the molecule is COc1ccc(OCC2(c3ccccc3)CC2C(=O)Nc2ccc(Cl)nc2)cc1OC. The van der Waals surface area contributed by atoms with Gasteiger partial charge in [0, 0.05) is 11.5 Å². The number of carbonyl (C=O) groups is 1. The molecule has 1 aliphatic rings. The molecule has 1 saturated carbocycles. The second-order valence-corrected chi connectivity index (χ2v) is 7.83. The first-order chi connectivity index (χ1) is 15.1. The van der Waals surface area contributed by atoms with E-state index in [1.54, 1.807) is 44.7 Å². The van der Waals surface area contributed by atoms with Crippen molar-refractivity contribution in [3.63, 3.8) is 0 Å². The van der Waals surface area contributed by atoms with E-state index >= 15 is 0 Å². The number of rotatable bonds is 8. The zero-order chi connectivity index (χ0) is 21.8. The second kappa shape index (κ2) is 8.86. The molecule has 1 aliphatic carbocycles. The van der Waals surface area contributed by atoms with Gasteiger partial charge in [-0.25, -0.2) is 4.98 Å². The van der Waals surface area contributed by atoms with Gasteiger partial charge < -0.3 is 19.5 Å². The lowest BCUT2D eigenvalue weighted by Gasteiger charge is -2.19. The van der Waals surface area contributed by atoms with E-state index in [2.05, 4.69) is 10.3 Å². The van der Waals surface area contributed by atoms with Gasteiger partial charge in [0.2, 0.25) is 5.91 Å². The number of ether oxygens (including phenoxy) is 3. The molecule has 1 heterocycles. The molecule has 0 spiro atoms. The van der Waals surface area contributed by atoms with E-state index in [0.717, 1.165) is 5.56 Å². The normalized spacial score (nSPS) is 19.4. The molecular weight excluding hydrogens is 416 g/mol. The van der Waals surface area contributed by atoms with E-state index in [-0.39, 0.29) is 11.8 Å². The predicted molar refractivity (Wildman–Crippen MR) is 119 cm³/mol. The number of methoxy groups -OCH3 is 2. The van der Waals surface area contributed by atoms with Crippen LogP contribution in [0.2, 0.25) is 5.15 Å². The van der Waals surface area contributed by atoms with Crippen LogP contribution in [0.4, 0.5) is 5.69 Å². The highest BCUT2D eigenvalue weighted by Crippen LogP contribution is 2.55. The van der Waals surface area contributed by atoms with Crippen LogP contribution >= 0.6 is 11.6 Å². The predicted octanol–water partition coefficient (Wildman–Crippen LogP) is 4.73. The standard InChI is InChI=1S/C24H23ClN2O4/c1-29-20-10-9-18(12-21(20)30-2)31-15-24(16-6-4-3-5-7-16)13-19(24)23(28)27-17-8-11-22(25)26-14-17/h3-12,14,19H,13,15H2,1-2H3,(H,27,28). The number of aromatic nitrogens is 1. The molecular formula is C24H23ClN2O4. The summed E-state index contributed by atoms with van der Waals surface area (Å²) in [6.45, 7) is 0.365. The van der Waals surface area contributed by atoms with Crippen molar-refractivity contribution in [2.75, 3.05) is 26.1 Å². The number of nitrogens with one attached hydrogen (secondary N) is 1. The van der Waals surface area contributed by atoms with Crippen LogP contribution in [0.1, 0.15) is 12.0 Å². The molecule has 0 bridgehead atoms. The Hall–Kier alpha value is -3.25. The molecule has 1 fully saturated rings. The van der Waals surface area contributed by atoms with Crippen LogP contribution in [0.5, 0.6) is 17.2 Å². The number of nitrogens with zero attached hydrogens (tertiary/aromatic N) is 1.